The second-order valence-electron chi connectivity index (χ2n) is 29.3. The molecule has 0 rings (SSSR count). The minimum atomic E-state index is -4.97. The third kappa shape index (κ3) is 72.3. The molecule has 0 aromatic carbocycles. The van der Waals surface area contributed by atoms with E-state index in [2.05, 4.69) is 72.8 Å². The Morgan fingerprint density at radius 2 is 0.596 bits per heavy atom. The van der Waals surface area contributed by atoms with Crippen LogP contribution < -0.4 is 0 Å². The first kappa shape index (κ1) is 96.5. The summed E-state index contributed by atoms with van der Waals surface area (Å²) in [5, 5.41) is 10.6. The largest absolute Gasteiger partial charge is 0.472 e. The van der Waals surface area contributed by atoms with Crippen molar-refractivity contribution in [3.63, 3.8) is 0 Å². The van der Waals surface area contributed by atoms with E-state index in [0.29, 0.717) is 25.7 Å². The van der Waals surface area contributed by atoms with E-state index in [4.69, 9.17) is 37.0 Å². The van der Waals surface area contributed by atoms with Gasteiger partial charge in [0.25, 0.3) is 0 Å². The standard InChI is InChI=1S/C80H152O17P2/c1-8-10-11-12-13-14-15-16-17-22-28-33-42-49-56-63-79(84)97-76(68-91-78(83)62-55-48-41-36-35-39-46-53-60-73(7)9-2)70-95-99(88,89)93-66-74(81)65-92-98(86,87)94-69-75(96-80(85)64-57-50-43-34-29-24-19-21-26-31-38-45-52-59-72(5)6)67-90-77(82)61-54-47-40-32-27-23-18-20-25-30-37-44-51-58-71(3)4/h14-17,71-76,81H,8-13,18-70H2,1-7H3,(H,86,87)(H,88,89)/b15-14-,17-16-/t73?,74-,75-,76-/m1/s1. The Labute approximate surface area is 605 Å². The van der Waals surface area contributed by atoms with E-state index in [-0.39, 0.29) is 25.7 Å². The number of allylic oxidation sites excluding steroid dienone is 4. The number of carbonyl (C=O) groups excluding carboxylic acids is 4. The molecule has 0 fully saturated rings. The molecule has 0 aromatic heterocycles. The fraction of sp³-hybridized carbons (Fsp3) is 0.900. The molecular formula is C80H152O17P2. The number of aliphatic hydroxyl groups excluding tert-OH is 1. The van der Waals surface area contributed by atoms with Gasteiger partial charge >= 0.3 is 39.5 Å². The van der Waals surface area contributed by atoms with Gasteiger partial charge in [-0.05, 0) is 69.1 Å². The third-order valence-electron chi connectivity index (χ3n) is 18.4. The second-order valence-corrected chi connectivity index (χ2v) is 32.2. The zero-order valence-corrected chi connectivity index (χ0v) is 66.2. The van der Waals surface area contributed by atoms with Crippen molar-refractivity contribution in [2.45, 2.75) is 407 Å². The van der Waals surface area contributed by atoms with E-state index >= 15 is 0 Å². The number of hydrogen-bond acceptors (Lipinski definition) is 15. The summed E-state index contributed by atoms with van der Waals surface area (Å²) in [6, 6.07) is 0. The molecule has 0 aromatic rings. The molecular weight excluding hydrogens is 1290 g/mol. The van der Waals surface area contributed by atoms with Gasteiger partial charge in [-0.3, -0.25) is 37.3 Å². The lowest BCUT2D eigenvalue weighted by molar-refractivity contribution is -0.161. The molecule has 0 amide bonds. The number of phosphoric ester groups is 2. The van der Waals surface area contributed by atoms with Gasteiger partial charge in [0.1, 0.15) is 19.3 Å². The summed E-state index contributed by atoms with van der Waals surface area (Å²) in [4.78, 5) is 73.0. The van der Waals surface area contributed by atoms with Crippen molar-refractivity contribution < 1.29 is 80.2 Å². The Balaban J connectivity index is 5.31. The van der Waals surface area contributed by atoms with E-state index in [1.54, 1.807) is 0 Å². The lowest BCUT2D eigenvalue weighted by atomic mass is 9.99. The Hall–Kier alpha value is -2.46. The summed E-state index contributed by atoms with van der Waals surface area (Å²) < 4.78 is 68.7. The highest BCUT2D eigenvalue weighted by Gasteiger charge is 2.30. The van der Waals surface area contributed by atoms with Gasteiger partial charge in [-0.25, -0.2) is 9.13 Å². The van der Waals surface area contributed by atoms with Gasteiger partial charge < -0.3 is 33.8 Å². The van der Waals surface area contributed by atoms with Gasteiger partial charge in [0.15, 0.2) is 12.2 Å². The van der Waals surface area contributed by atoms with Gasteiger partial charge in [0.2, 0.25) is 0 Å². The first-order valence-corrected chi connectivity index (χ1v) is 43.7. The molecule has 3 N–H and O–H groups in total. The molecule has 0 aliphatic heterocycles. The van der Waals surface area contributed by atoms with Crippen molar-refractivity contribution in [3.8, 4) is 0 Å². The summed E-state index contributed by atoms with van der Waals surface area (Å²) in [7, 11) is -9.93. The molecule has 0 heterocycles. The average molecular weight is 1450 g/mol. The van der Waals surface area contributed by atoms with Gasteiger partial charge in [0, 0.05) is 25.7 Å². The van der Waals surface area contributed by atoms with Gasteiger partial charge in [-0.1, -0.05) is 336 Å². The van der Waals surface area contributed by atoms with Crippen molar-refractivity contribution in [2.24, 2.45) is 17.8 Å². The summed E-state index contributed by atoms with van der Waals surface area (Å²) in [6.45, 7) is 11.9. The van der Waals surface area contributed by atoms with E-state index < -0.39 is 97.5 Å². The van der Waals surface area contributed by atoms with Gasteiger partial charge in [-0.2, -0.15) is 0 Å². The zero-order chi connectivity index (χ0) is 73.0. The monoisotopic (exact) mass is 1450 g/mol. The van der Waals surface area contributed by atoms with E-state index in [9.17, 15) is 43.2 Å². The predicted molar refractivity (Wildman–Crippen MR) is 404 cm³/mol. The maximum absolute atomic E-state index is 13.1. The quantitative estimate of drug-likeness (QED) is 0.0169. The average Bonchev–Trinajstić information content (AvgIpc) is 1.02. The summed E-state index contributed by atoms with van der Waals surface area (Å²) >= 11 is 0. The fourth-order valence-electron chi connectivity index (χ4n) is 11.7. The topological polar surface area (TPSA) is 237 Å². The second kappa shape index (κ2) is 69.9. The number of aliphatic hydroxyl groups is 1. The highest BCUT2D eigenvalue weighted by Crippen LogP contribution is 2.45. The van der Waals surface area contributed by atoms with E-state index in [1.165, 1.54) is 186 Å². The Kier molecular flexibility index (Phi) is 68.1. The number of hydrogen-bond donors (Lipinski definition) is 3. The van der Waals surface area contributed by atoms with Gasteiger partial charge in [0.05, 0.1) is 26.4 Å². The number of esters is 4. The van der Waals surface area contributed by atoms with Crippen molar-refractivity contribution in [1.29, 1.82) is 0 Å². The number of carbonyl (C=O) groups is 4. The maximum Gasteiger partial charge on any atom is 0.472 e. The normalized spacial score (nSPS) is 14.4. The van der Waals surface area contributed by atoms with E-state index in [1.807, 2.05) is 0 Å². The van der Waals surface area contributed by atoms with Crippen LogP contribution in [-0.2, 0) is 65.4 Å². The Morgan fingerprint density at radius 3 is 0.899 bits per heavy atom. The van der Waals surface area contributed by atoms with Crippen LogP contribution in [0.4, 0.5) is 0 Å². The molecule has 0 aliphatic rings. The Bertz CT molecular complexity index is 2020. The van der Waals surface area contributed by atoms with Crippen LogP contribution in [0, 0.1) is 17.8 Å². The highest BCUT2D eigenvalue weighted by molar-refractivity contribution is 7.47. The Morgan fingerprint density at radius 1 is 0.333 bits per heavy atom. The predicted octanol–water partition coefficient (Wildman–Crippen LogP) is 23.3. The highest BCUT2D eigenvalue weighted by atomic mass is 31.2. The molecule has 0 aliphatic carbocycles. The van der Waals surface area contributed by atoms with Crippen LogP contribution in [0.5, 0.6) is 0 Å². The van der Waals surface area contributed by atoms with Crippen LogP contribution >= 0.6 is 15.6 Å². The molecule has 6 atom stereocenters. The van der Waals surface area contributed by atoms with Gasteiger partial charge in [-0.15, -0.1) is 0 Å². The van der Waals surface area contributed by atoms with Crippen molar-refractivity contribution in [1.82, 2.24) is 0 Å². The van der Waals surface area contributed by atoms with Crippen LogP contribution in [0.3, 0.4) is 0 Å². The minimum Gasteiger partial charge on any atom is -0.462 e. The van der Waals surface area contributed by atoms with Crippen LogP contribution in [0.15, 0.2) is 24.3 Å². The summed E-state index contributed by atoms with van der Waals surface area (Å²) in [6.07, 6.45) is 60.3. The molecule has 3 unspecified atom stereocenters. The fourth-order valence-corrected chi connectivity index (χ4v) is 13.3. The third-order valence-corrected chi connectivity index (χ3v) is 20.3. The van der Waals surface area contributed by atoms with Crippen molar-refractivity contribution in [3.05, 3.63) is 24.3 Å². The number of unbranched alkanes of at least 4 members (excludes halogenated alkanes) is 40. The summed E-state index contributed by atoms with van der Waals surface area (Å²) in [5.74, 6) is 0.207. The van der Waals surface area contributed by atoms with Crippen LogP contribution in [0.1, 0.15) is 389 Å². The molecule has 99 heavy (non-hydrogen) atoms. The number of ether oxygens (including phenoxy) is 4. The number of rotatable bonds is 76. The maximum atomic E-state index is 13.1. The molecule has 17 nitrogen and oxygen atoms in total. The van der Waals surface area contributed by atoms with Crippen LogP contribution in [0.2, 0.25) is 0 Å². The smallest absolute Gasteiger partial charge is 0.462 e. The zero-order valence-electron chi connectivity index (χ0n) is 64.4. The molecule has 19 heteroatoms. The SMILES string of the molecule is CCCCCC/C=C\C=C/CCCCCCCC(=O)O[C@H](COC(=O)CCCCCCCCCCC(C)CC)COP(=O)(O)OC[C@H](O)COP(=O)(O)OC[C@@H](COC(=O)CCCCCCCCCCCCCCCC(C)C)OC(=O)CCCCCCCCCCCCCCCC(C)C. The molecule has 0 spiro atoms. The van der Waals surface area contributed by atoms with Crippen LogP contribution in [0.25, 0.3) is 0 Å². The molecule has 0 radical (unpaired) electrons. The van der Waals surface area contributed by atoms with Crippen molar-refractivity contribution in [2.75, 3.05) is 39.6 Å². The van der Waals surface area contributed by atoms with Crippen molar-refractivity contribution >= 4 is 39.5 Å². The lowest BCUT2D eigenvalue weighted by Gasteiger charge is -2.21. The number of phosphoric acid groups is 2. The first-order chi connectivity index (χ1) is 47.8. The molecule has 0 bridgehead atoms. The summed E-state index contributed by atoms with van der Waals surface area (Å²) in [5.41, 5.74) is 0. The van der Waals surface area contributed by atoms with E-state index in [0.717, 1.165) is 120 Å². The van der Waals surface area contributed by atoms with Crippen LogP contribution in [-0.4, -0.2) is 96.7 Å². The first-order valence-electron chi connectivity index (χ1n) is 40.7. The molecule has 0 saturated carbocycles. The molecule has 584 valence electrons. The lowest BCUT2D eigenvalue weighted by Crippen LogP contribution is -2.30. The minimum absolute atomic E-state index is 0.0844. The molecule has 0 saturated heterocycles.